The van der Waals surface area contributed by atoms with Crippen molar-refractivity contribution in [3.05, 3.63) is 47.2 Å². The van der Waals surface area contributed by atoms with E-state index in [1.54, 1.807) is 7.11 Å². The van der Waals surface area contributed by atoms with Crippen LogP contribution in [0.1, 0.15) is 72.1 Å². The van der Waals surface area contributed by atoms with Gasteiger partial charge >= 0.3 is 10.2 Å². The molecule has 1 aliphatic carbocycles. The number of piperidine rings is 1. The van der Waals surface area contributed by atoms with Crippen molar-refractivity contribution < 1.29 is 33.4 Å². The highest BCUT2D eigenvalue weighted by Gasteiger charge is 2.65. The molecule has 3 heterocycles. The minimum atomic E-state index is -9.93. The molecule has 14 heteroatoms. The van der Waals surface area contributed by atoms with E-state index >= 15 is 4.39 Å². The SMILES string of the molecule is CO[C@H]1CC[C@@H](c2nc3c(C4CCN(C(=O)c5ccc(S(F)(F)(F)(F)F)cc5N)CC4)c(F)cnc3[nH]2)CC1. The summed E-state index contributed by atoms with van der Waals surface area (Å²) in [7, 11) is -8.23. The van der Waals surface area contributed by atoms with Crippen LogP contribution in [0.4, 0.5) is 29.5 Å². The normalized spacial score (nSPS) is 23.0. The third-order valence-corrected chi connectivity index (χ3v) is 8.95. The summed E-state index contributed by atoms with van der Waals surface area (Å²) in [6, 6.07) is 0.952. The number of imidazole rings is 1. The first-order chi connectivity index (χ1) is 18.1. The van der Waals surface area contributed by atoms with Crippen molar-refractivity contribution in [3.63, 3.8) is 0 Å². The van der Waals surface area contributed by atoms with Crippen LogP contribution in [0.5, 0.6) is 0 Å². The summed E-state index contributed by atoms with van der Waals surface area (Å²) in [4.78, 5) is 24.3. The Balaban J connectivity index is 1.32. The zero-order chi connectivity index (χ0) is 28.2. The van der Waals surface area contributed by atoms with Crippen molar-refractivity contribution in [2.24, 2.45) is 0 Å². The van der Waals surface area contributed by atoms with E-state index in [0.29, 0.717) is 35.6 Å². The van der Waals surface area contributed by atoms with E-state index in [0.717, 1.165) is 37.7 Å². The number of nitrogens with zero attached hydrogens (tertiary/aromatic N) is 3. The van der Waals surface area contributed by atoms with E-state index in [2.05, 4.69) is 9.97 Å². The predicted octanol–water partition coefficient (Wildman–Crippen LogP) is 7.03. The number of nitrogen functional groups attached to an aromatic ring is 1. The van der Waals surface area contributed by atoms with Gasteiger partial charge in [-0.05, 0) is 62.6 Å². The zero-order valence-electron chi connectivity index (χ0n) is 21.1. The molecule has 214 valence electrons. The second kappa shape index (κ2) is 9.01. The third kappa shape index (κ3) is 5.53. The average Bonchev–Trinajstić information content (AvgIpc) is 3.31. The molecule has 2 fully saturated rings. The summed E-state index contributed by atoms with van der Waals surface area (Å²) in [6.07, 6.45) is 5.72. The van der Waals surface area contributed by atoms with Crippen LogP contribution in [0.15, 0.2) is 29.3 Å². The van der Waals surface area contributed by atoms with Gasteiger partial charge in [0.1, 0.15) is 22.1 Å². The number of rotatable bonds is 5. The van der Waals surface area contributed by atoms with Gasteiger partial charge in [-0.3, -0.25) is 4.79 Å². The van der Waals surface area contributed by atoms with Crippen molar-refractivity contribution in [2.45, 2.75) is 61.4 Å². The number of hydrogen-bond acceptors (Lipinski definition) is 5. The minimum absolute atomic E-state index is 0.0987. The van der Waals surface area contributed by atoms with Gasteiger partial charge in [-0.1, -0.05) is 19.4 Å². The number of pyridine rings is 1. The van der Waals surface area contributed by atoms with Gasteiger partial charge in [0.05, 0.1) is 17.9 Å². The molecule has 39 heavy (non-hydrogen) atoms. The Morgan fingerprint density at radius 2 is 1.72 bits per heavy atom. The highest BCUT2D eigenvalue weighted by atomic mass is 32.5. The molecule has 0 bridgehead atoms. The molecule has 0 unspecified atom stereocenters. The number of methoxy groups -OCH3 is 1. The lowest BCUT2D eigenvalue weighted by Gasteiger charge is -2.40. The predicted molar refractivity (Wildman–Crippen MR) is 136 cm³/mol. The van der Waals surface area contributed by atoms with E-state index in [1.807, 2.05) is 0 Å². The number of carbonyl (C=O) groups excluding carboxylic acids is 1. The van der Waals surface area contributed by atoms with Crippen molar-refractivity contribution in [2.75, 3.05) is 25.9 Å². The van der Waals surface area contributed by atoms with Gasteiger partial charge in [0.15, 0.2) is 5.65 Å². The molecule has 3 aromatic rings. The Kier molecular flexibility index (Phi) is 6.37. The van der Waals surface area contributed by atoms with Gasteiger partial charge in [-0.2, -0.15) is 0 Å². The number of ether oxygens (including phenoxy) is 1. The summed E-state index contributed by atoms with van der Waals surface area (Å²) in [6.45, 7) is 0.349. The Hall–Kier alpha value is -3.00. The number of carbonyl (C=O) groups is 1. The number of likely N-dealkylation sites (tertiary alicyclic amines) is 1. The van der Waals surface area contributed by atoms with Gasteiger partial charge in [-0.15, -0.1) is 0 Å². The van der Waals surface area contributed by atoms with E-state index in [4.69, 9.17) is 15.5 Å². The van der Waals surface area contributed by atoms with Crippen LogP contribution < -0.4 is 5.73 Å². The standard InChI is InChI=1S/C25H29F6N5O2S/c1-38-16-4-2-15(3-5-16)23-34-22-21(19(26)13-33-24(22)35-23)14-8-10-36(11-9-14)25(37)18-7-6-17(12-20(18)32)39(27,28,29,30)31/h6-7,12-16H,2-5,8-11,32H2,1H3,(H,33,34,35)/t15-,16+. The molecule has 1 aliphatic heterocycles. The fourth-order valence-electron chi connectivity index (χ4n) is 5.64. The maximum atomic E-state index is 15.0. The molecule has 1 saturated carbocycles. The molecule has 1 saturated heterocycles. The first-order valence-corrected chi connectivity index (χ1v) is 14.6. The van der Waals surface area contributed by atoms with Crippen LogP contribution in [-0.2, 0) is 4.74 Å². The largest absolute Gasteiger partial charge is 0.398 e. The zero-order valence-corrected chi connectivity index (χ0v) is 21.9. The number of nitrogens with two attached hydrogens (primary N) is 1. The lowest BCUT2D eigenvalue weighted by Crippen LogP contribution is -2.38. The quantitative estimate of drug-likeness (QED) is 0.251. The number of aromatic nitrogens is 3. The van der Waals surface area contributed by atoms with Gasteiger partial charge in [0.2, 0.25) is 0 Å². The highest BCUT2D eigenvalue weighted by molar-refractivity contribution is 8.45. The lowest BCUT2D eigenvalue weighted by molar-refractivity contribution is 0.0652. The molecule has 0 radical (unpaired) electrons. The van der Waals surface area contributed by atoms with Crippen LogP contribution in [0.3, 0.4) is 0 Å². The number of halogens is 6. The third-order valence-electron chi connectivity index (χ3n) is 7.81. The number of anilines is 1. The van der Waals surface area contributed by atoms with Crippen LogP contribution in [0.25, 0.3) is 11.2 Å². The Morgan fingerprint density at radius 1 is 1.05 bits per heavy atom. The molecular formula is C25H29F6N5O2S. The molecule has 7 nitrogen and oxygen atoms in total. The van der Waals surface area contributed by atoms with Crippen LogP contribution in [-0.4, -0.2) is 52.1 Å². The van der Waals surface area contributed by atoms with Crippen molar-refractivity contribution in [1.29, 1.82) is 0 Å². The maximum absolute atomic E-state index is 15.0. The molecule has 0 atom stereocenters. The minimum Gasteiger partial charge on any atom is -0.398 e. The first-order valence-electron chi connectivity index (χ1n) is 12.6. The van der Waals surface area contributed by atoms with Crippen LogP contribution in [0.2, 0.25) is 0 Å². The van der Waals surface area contributed by atoms with Gasteiger partial charge < -0.3 is 20.4 Å². The lowest BCUT2D eigenvalue weighted by atomic mass is 9.87. The molecule has 2 aromatic heterocycles. The van der Waals surface area contributed by atoms with E-state index < -0.39 is 32.5 Å². The number of aromatic amines is 1. The van der Waals surface area contributed by atoms with E-state index in [1.165, 1.54) is 4.90 Å². The Bertz CT molecular complexity index is 1420. The van der Waals surface area contributed by atoms with E-state index in [-0.39, 0.29) is 48.7 Å². The highest BCUT2D eigenvalue weighted by Crippen LogP contribution is 3.02. The number of fused-ring (bicyclic) bond motifs is 1. The smallest absolute Gasteiger partial charge is 0.310 e. The van der Waals surface area contributed by atoms with Crippen LogP contribution >= 0.6 is 10.2 Å². The Morgan fingerprint density at radius 3 is 2.31 bits per heavy atom. The molecule has 1 aromatic carbocycles. The molecule has 3 N–H and O–H groups in total. The summed E-state index contributed by atoms with van der Waals surface area (Å²) < 4.78 is 86.0. The van der Waals surface area contributed by atoms with Crippen molar-refractivity contribution >= 4 is 33.0 Å². The molecule has 1 amide bonds. The van der Waals surface area contributed by atoms with Gasteiger partial charge in [0, 0.05) is 37.4 Å². The molecular weight excluding hydrogens is 548 g/mol. The molecule has 5 rings (SSSR count). The number of benzene rings is 1. The van der Waals surface area contributed by atoms with Crippen LogP contribution in [0, 0.1) is 5.82 Å². The summed E-state index contributed by atoms with van der Waals surface area (Å²) in [5.74, 6) is -0.486. The monoisotopic (exact) mass is 577 g/mol. The summed E-state index contributed by atoms with van der Waals surface area (Å²) in [5.41, 5.74) is 5.97. The first kappa shape index (κ1) is 27.6. The number of amides is 1. The summed E-state index contributed by atoms with van der Waals surface area (Å²) in [5, 5.41) is 0. The van der Waals surface area contributed by atoms with E-state index in [9.17, 15) is 24.2 Å². The average molecular weight is 578 g/mol. The second-order valence-corrected chi connectivity index (χ2v) is 12.7. The number of hydrogen-bond donors (Lipinski definition) is 2. The fourth-order valence-corrected chi connectivity index (χ4v) is 6.31. The number of H-pyrrole nitrogens is 1. The molecule has 0 spiro atoms. The van der Waals surface area contributed by atoms with Crippen molar-refractivity contribution in [3.8, 4) is 0 Å². The van der Waals surface area contributed by atoms with Gasteiger partial charge in [-0.25, -0.2) is 14.4 Å². The topological polar surface area (TPSA) is 97.1 Å². The Labute approximate surface area is 220 Å². The second-order valence-electron chi connectivity index (χ2n) is 10.3. The fraction of sp³-hybridized carbons (Fsp3) is 0.480. The number of nitrogens with one attached hydrogen (secondary N) is 1. The maximum Gasteiger partial charge on any atom is 0.310 e. The molecule has 2 aliphatic rings. The van der Waals surface area contributed by atoms with Gasteiger partial charge in [0.25, 0.3) is 5.91 Å². The summed E-state index contributed by atoms with van der Waals surface area (Å²) >= 11 is 0. The van der Waals surface area contributed by atoms with Crippen molar-refractivity contribution in [1.82, 2.24) is 19.9 Å².